The number of hydrogen-bond donors (Lipinski definition) is 2. The molecule has 1 fully saturated rings. The van der Waals surface area contributed by atoms with Gasteiger partial charge in [0.15, 0.2) is 4.67 Å². The lowest BCUT2D eigenvalue weighted by atomic mass is 9.96. The van der Waals surface area contributed by atoms with Crippen LogP contribution >= 0.6 is 15.9 Å². The summed E-state index contributed by atoms with van der Waals surface area (Å²) in [6, 6.07) is 3.44. The molecule has 3 amide bonds. The molecule has 1 aromatic rings. The van der Waals surface area contributed by atoms with E-state index in [2.05, 4.69) is 26.6 Å². The van der Waals surface area contributed by atoms with Gasteiger partial charge in [-0.05, 0) is 48.0 Å². The van der Waals surface area contributed by atoms with E-state index in [1.165, 1.54) is 6.42 Å². The monoisotopic (exact) mass is 371 g/mol. The fourth-order valence-corrected chi connectivity index (χ4v) is 2.98. The molecule has 0 aromatic carbocycles. The molecular formula is C15H22BrN3O3. The summed E-state index contributed by atoms with van der Waals surface area (Å²) in [5.74, 6) is 0.440. The second-order valence-electron chi connectivity index (χ2n) is 5.73. The minimum absolute atomic E-state index is 0.135. The van der Waals surface area contributed by atoms with Crippen molar-refractivity contribution in [3.63, 3.8) is 0 Å². The van der Waals surface area contributed by atoms with Crippen LogP contribution in [0.5, 0.6) is 0 Å². The standard InChI is InChI=1S/C15H22BrN3O3/c1-19(9-12-7-8-13(16)22-12)10-14(20)18-15(21)17-11-5-3-2-4-6-11/h7-8,11H,2-6,9-10H2,1H3,(H2,17,18,20,21). The van der Waals surface area contributed by atoms with Crippen LogP contribution in [0.1, 0.15) is 37.9 Å². The number of nitrogens with one attached hydrogen (secondary N) is 2. The lowest BCUT2D eigenvalue weighted by Gasteiger charge is -2.23. The molecule has 1 aliphatic rings. The van der Waals surface area contributed by atoms with E-state index in [1.807, 2.05) is 6.07 Å². The largest absolute Gasteiger partial charge is 0.453 e. The van der Waals surface area contributed by atoms with Crippen LogP contribution in [-0.2, 0) is 11.3 Å². The highest BCUT2D eigenvalue weighted by molar-refractivity contribution is 9.10. The minimum Gasteiger partial charge on any atom is -0.453 e. The molecule has 1 saturated carbocycles. The highest BCUT2D eigenvalue weighted by Gasteiger charge is 2.17. The van der Waals surface area contributed by atoms with E-state index in [1.54, 1.807) is 18.0 Å². The van der Waals surface area contributed by atoms with Crippen LogP contribution in [0.25, 0.3) is 0 Å². The van der Waals surface area contributed by atoms with Crippen molar-refractivity contribution in [1.29, 1.82) is 0 Å². The molecule has 2 N–H and O–H groups in total. The molecule has 1 aromatic heterocycles. The molecule has 2 rings (SSSR count). The number of amides is 3. The van der Waals surface area contributed by atoms with Gasteiger partial charge in [-0.2, -0.15) is 0 Å². The van der Waals surface area contributed by atoms with Gasteiger partial charge in [0.2, 0.25) is 5.91 Å². The summed E-state index contributed by atoms with van der Waals surface area (Å²) in [5, 5.41) is 5.24. The Morgan fingerprint density at radius 2 is 2.05 bits per heavy atom. The van der Waals surface area contributed by atoms with Crippen LogP contribution in [0.15, 0.2) is 21.2 Å². The molecule has 7 heteroatoms. The Morgan fingerprint density at radius 1 is 1.32 bits per heavy atom. The van der Waals surface area contributed by atoms with E-state index in [9.17, 15) is 9.59 Å². The normalized spacial score (nSPS) is 15.8. The van der Waals surface area contributed by atoms with Gasteiger partial charge in [-0.25, -0.2) is 4.79 Å². The second kappa shape index (κ2) is 8.33. The number of nitrogens with zero attached hydrogens (tertiary/aromatic N) is 1. The number of rotatable bonds is 5. The third-order valence-corrected chi connectivity index (χ3v) is 4.09. The van der Waals surface area contributed by atoms with Gasteiger partial charge >= 0.3 is 6.03 Å². The Bertz CT molecular complexity index is 512. The summed E-state index contributed by atoms with van der Waals surface area (Å²) in [4.78, 5) is 25.4. The highest BCUT2D eigenvalue weighted by atomic mass is 79.9. The Morgan fingerprint density at radius 3 is 2.68 bits per heavy atom. The number of likely N-dealkylation sites (N-methyl/N-ethyl adjacent to an activating group) is 1. The van der Waals surface area contributed by atoms with Gasteiger partial charge in [-0.1, -0.05) is 19.3 Å². The fraction of sp³-hybridized carbons (Fsp3) is 0.600. The van der Waals surface area contributed by atoms with Crippen LogP contribution in [0, 0.1) is 0 Å². The highest BCUT2D eigenvalue weighted by Crippen LogP contribution is 2.17. The zero-order valence-corrected chi connectivity index (χ0v) is 14.3. The molecule has 0 unspecified atom stereocenters. The number of urea groups is 1. The molecule has 122 valence electrons. The first-order valence-electron chi connectivity index (χ1n) is 7.56. The molecule has 1 aliphatic carbocycles. The predicted octanol–water partition coefficient (Wildman–Crippen LogP) is 2.63. The van der Waals surface area contributed by atoms with Gasteiger partial charge in [0, 0.05) is 6.04 Å². The van der Waals surface area contributed by atoms with Crippen molar-refractivity contribution in [2.24, 2.45) is 0 Å². The smallest absolute Gasteiger partial charge is 0.321 e. The summed E-state index contributed by atoms with van der Waals surface area (Å²) in [5.41, 5.74) is 0. The molecule has 0 aliphatic heterocycles. The molecule has 0 atom stereocenters. The summed E-state index contributed by atoms with van der Waals surface area (Å²) < 4.78 is 6.04. The Balaban J connectivity index is 1.68. The number of furan rings is 1. The minimum atomic E-state index is -0.397. The van der Waals surface area contributed by atoms with Gasteiger partial charge in [-0.3, -0.25) is 15.0 Å². The van der Waals surface area contributed by atoms with Crippen molar-refractivity contribution in [3.05, 3.63) is 22.6 Å². The predicted molar refractivity (Wildman–Crippen MR) is 86.3 cm³/mol. The van der Waals surface area contributed by atoms with E-state index in [-0.39, 0.29) is 18.5 Å². The Hall–Kier alpha value is -1.34. The maximum atomic E-state index is 11.8. The zero-order valence-electron chi connectivity index (χ0n) is 12.7. The first-order valence-corrected chi connectivity index (χ1v) is 8.35. The van der Waals surface area contributed by atoms with Crippen LogP contribution in [-0.4, -0.2) is 36.5 Å². The van der Waals surface area contributed by atoms with Crippen LogP contribution in [0.2, 0.25) is 0 Å². The van der Waals surface area contributed by atoms with E-state index < -0.39 is 6.03 Å². The van der Waals surface area contributed by atoms with Gasteiger partial charge in [0.25, 0.3) is 0 Å². The Kier molecular flexibility index (Phi) is 6.45. The molecule has 6 nitrogen and oxygen atoms in total. The van der Waals surface area contributed by atoms with E-state index >= 15 is 0 Å². The average molecular weight is 372 g/mol. The maximum absolute atomic E-state index is 11.8. The first-order chi connectivity index (χ1) is 10.5. The van der Waals surface area contributed by atoms with Crippen LogP contribution in [0.3, 0.4) is 0 Å². The van der Waals surface area contributed by atoms with Crippen molar-refractivity contribution < 1.29 is 14.0 Å². The number of hydrogen-bond acceptors (Lipinski definition) is 4. The maximum Gasteiger partial charge on any atom is 0.321 e. The number of carbonyl (C=O) groups excluding carboxylic acids is 2. The van der Waals surface area contributed by atoms with E-state index in [0.29, 0.717) is 11.2 Å². The molecule has 0 radical (unpaired) electrons. The van der Waals surface area contributed by atoms with Crippen molar-refractivity contribution in [3.8, 4) is 0 Å². The summed E-state index contributed by atoms with van der Waals surface area (Å²) in [6.45, 7) is 0.639. The third kappa shape index (κ3) is 5.81. The molecular weight excluding hydrogens is 350 g/mol. The van der Waals surface area contributed by atoms with E-state index in [0.717, 1.165) is 31.4 Å². The van der Waals surface area contributed by atoms with Crippen LogP contribution < -0.4 is 10.6 Å². The van der Waals surface area contributed by atoms with Crippen molar-refractivity contribution in [1.82, 2.24) is 15.5 Å². The van der Waals surface area contributed by atoms with Gasteiger partial charge < -0.3 is 9.73 Å². The van der Waals surface area contributed by atoms with Crippen molar-refractivity contribution in [2.75, 3.05) is 13.6 Å². The quantitative estimate of drug-likeness (QED) is 0.833. The van der Waals surface area contributed by atoms with Crippen LogP contribution in [0.4, 0.5) is 4.79 Å². The lowest BCUT2D eigenvalue weighted by molar-refractivity contribution is -0.121. The molecule has 0 spiro atoms. The fourth-order valence-electron chi connectivity index (χ4n) is 2.64. The first kappa shape index (κ1) is 17.0. The molecule has 0 saturated heterocycles. The van der Waals surface area contributed by atoms with Gasteiger partial charge in [0.05, 0.1) is 13.1 Å². The van der Waals surface area contributed by atoms with Gasteiger partial charge in [0.1, 0.15) is 5.76 Å². The topological polar surface area (TPSA) is 74.6 Å². The lowest BCUT2D eigenvalue weighted by Crippen LogP contribution is -2.47. The number of carbonyl (C=O) groups is 2. The molecule has 22 heavy (non-hydrogen) atoms. The zero-order chi connectivity index (χ0) is 15.9. The molecule has 0 bridgehead atoms. The Labute approximate surface area is 138 Å². The summed E-state index contributed by atoms with van der Waals surface area (Å²) in [7, 11) is 1.80. The SMILES string of the molecule is CN(CC(=O)NC(=O)NC1CCCCC1)Cc1ccc(Br)o1. The molecule has 1 heterocycles. The average Bonchev–Trinajstić information content (AvgIpc) is 2.84. The van der Waals surface area contributed by atoms with E-state index in [4.69, 9.17) is 4.42 Å². The van der Waals surface area contributed by atoms with Crippen molar-refractivity contribution >= 4 is 27.9 Å². The number of halogens is 1. The summed E-state index contributed by atoms with van der Waals surface area (Å²) >= 11 is 3.24. The summed E-state index contributed by atoms with van der Waals surface area (Å²) in [6.07, 6.45) is 5.50. The van der Waals surface area contributed by atoms with Crippen molar-refractivity contribution in [2.45, 2.75) is 44.7 Å². The third-order valence-electron chi connectivity index (χ3n) is 3.66. The second-order valence-corrected chi connectivity index (χ2v) is 6.52. The van der Waals surface area contributed by atoms with Gasteiger partial charge in [-0.15, -0.1) is 0 Å². The number of imide groups is 1.